The number of nitrogens with zero attached hydrogens (tertiary/aromatic N) is 2. The molecule has 0 saturated heterocycles. The van der Waals surface area contributed by atoms with E-state index in [1.54, 1.807) is 6.07 Å². The van der Waals surface area contributed by atoms with Crippen LogP contribution in [0.25, 0.3) is 10.9 Å². The van der Waals surface area contributed by atoms with Crippen molar-refractivity contribution in [1.29, 1.82) is 0 Å². The van der Waals surface area contributed by atoms with E-state index < -0.39 is 0 Å². The number of aromatic nitrogens is 1. The summed E-state index contributed by atoms with van der Waals surface area (Å²) < 4.78 is 15.8. The van der Waals surface area contributed by atoms with Gasteiger partial charge in [0, 0.05) is 23.7 Å². The van der Waals surface area contributed by atoms with E-state index in [2.05, 4.69) is 18.7 Å². The largest absolute Gasteiger partial charge is 0.343 e. The van der Waals surface area contributed by atoms with Gasteiger partial charge in [0.15, 0.2) is 0 Å². The molecule has 2 nitrogen and oxygen atoms in total. The van der Waals surface area contributed by atoms with Gasteiger partial charge in [0.2, 0.25) is 0 Å². The quantitative estimate of drug-likeness (QED) is 0.792. The van der Waals surface area contributed by atoms with E-state index in [4.69, 9.17) is 0 Å². The predicted octanol–water partition coefficient (Wildman–Crippen LogP) is 3.12. The molecule has 0 aliphatic heterocycles. The standard InChI is InChI=1S/C14H19FN2/c1-14(2,16(3)4)10-17-9-8-11-6-5-7-12(15)13(11)17/h5-9H,10H2,1-4H3. The van der Waals surface area contributed by atoms with E-state index in [0.717, 1.165) is 11.9 Å². The minimum absolute atomic E-state index is 0.00572. The van der Waals surface area contributed by atoms with E-state index in [0.29, 0.717) is 5.52 Å². The Bertz CT molecular complexity index is 526. The molecular weight excluding hydrogens is 215 g/mol. The van der Waals surface area contributed by atoms with Crippen molar-refractivity contribution in [3.05, 3.63) is 36.3 Å². The maximum atomic E-state index is 13.8. The molecular formula is C14H19FN2. The summed E-state index contributed by atoms with van der Waals surface area (Å²) in [7, 11) is 4.09. The third kappa shape index (κ3) is 2.20. The highest BCUT2D eigenvalue weighted by molar-refractivity contribution is 5.80. The van der Waals surface area contributed by atoms with Crippen LogP contribution < -0.4 is 0 Å². The van der Waals surface area contributed by atoms with E-state index in [1.807, 2.05) is 37.0 Å². The van der Waals surface area contributed by atoms with Crippen LogP contribution in [-0.4, -0.2) is 29.1 Å². The molecule has 0 saturated carbocycles. The first-order chi connectivity index (χ1) is 7.92. The fourth-order valence-corrected chi connectivity index (χ4v) is 1.90. The molecule has 0 unspecified atom stereocenters. The molecule has 0 radical (unpaired) electrons. The molecule has 0 aliphatic carbocycles. The smallest absolute Gasteiger partial charge is 0.147 e. The Labute approximate surface area is 102 Å². The maximum absolute atomic E-state index is 13.8. The van der Waals surface area contributed by atoms with E-state index >= 15 is 0 Å². The monoisotopic (exact) mass is 234 g/mol. The molecule has 2 aromatic rings. The number of fused-ring (bicyclic) bond motifs is 1. The van der Waals surface area contributed by atoms with Crippen molar-refractivity contribution in [3.8, 4) is 0 Å². The lowest BCUT2D eigenvalue weighted by Crippen LogP contribution is -2.41. The topological polar surface area (TPSA) is 8.17 Å². The number of halogens is 1. The first kappa shape index (κ1) is 12.1. The van der Waals surface area contributed by atoms with Gasteiger partial charge >= 0.3 is 0 Å². The van der Waals surface area contributed by atoms with Crippen molar-refractivity contribution in [3.63, 3.8) is 0 Å². The summed E-state index contributed by atoms with van der Waals surface area (Å²) in [5.41, 5.74) is 0.691. The molecule has 3 heteroatoms. The van der Waals surface area contributed by atoms with Gasteiger partial charge < -0.3 is 9.47 Å². The van der Waals surface area contributed by atoms with Crippen molar-refractivity contribution in [2.45, 2.75) is 25.9 Å². The minimum atomic E-state index is -0.151. The van der Waals surface area contributed by atoms with Gasteiger partial charge in [-0.05, 0) is 40.1 Å². The van der Waals surface area contributed by atoms with Crippen LogP contribution in [0, 0.1) is 5.82 Å². The van der Waals surface area contributed by atoms with Crippen LogP contribution in [0.2, 0.25) is 0 Å². The molecule has 92 valence electrons. The fourth-order valence-electron chi connectivity index (χ4n) is 1.90. The van der Waals surface area contributed by atoms with Crippen LogP contribution >= 0.6 is 0 Å². The lowest BCUT2D eigenvalue weighted by Gasteiger charge is -2.33. The van der Waals surface area contributed by atoms with Crippen LogP contribution in [0.4, 0.5) is 4.39 Å². The lowest BCUT2D eigenvalue weighted by molar-refractivity contribution is 0.171. The number of benzene rings is 1. The highest BCUT2D eigenvalue weighted by Crippen LogP contribution is 2.22. The Balaban J connectivity index is 2.44. The summed E-state index contributed by atoms with van der Waals surface area (Å²) in [6, 6.07) is 7.17. The average Bonchev–Trinajstić information content (AvgIpc) is 2.62. The molecule has 0 bridgehead atoms. The summed E-state index contributed by atoms with van der Waals surface area (Å²) in [5.74, 6) is -0.151. The van der Waals surface area contributed by atoms with Gasteiger partial charge in [-0.2, -0.15) is 0 Å². The summed E-state index contributed by atoms with van der Waals surface area (Å²) in [5, 5.41) is 0.958. The van der Waals surface area contributed by atoms with Gasteiger partial charge in [0.1, 0.15) is 5.82 Å². The van der Waals surface area contributed by atoms with Crippen LogP contribution in [0.3, 0.4) is 0 Å². The second kappa shape index (κ2) is 4.15. The normalized spacial score (nSPS) is 12.6. The number of para-hydroxylation sites is 1. The van der Waals surface area contributed by atoms with Gasteiger partial charge in [-0.25, -0.2) is 4.39 Å². The summed E-state index contributed by atoms with van der Waals surface area (Å²) >= 11 is 0. The maximum Gasteiger partial charge on any atom is 0.147 e. The highest BCUT2D eigenvalue weighted by atomic mass is 19.1. The average molecular weight is 234 g/mol. The first-order valence-electron chi connectivity index (χ1n) is 5.82. The van der Waals surface area contributed by atoms with Gasteiger partial charge in [-0.1, -0.05) is 12.1 Å². The molecule has 0 N–H and O–H groups in total. The second-order valence-electron chi connectivity index (χ2n) is 5.33. The van der Waals surface area contributed by atoms with Gasteiger partial charge in [-0.3, -0.25) is 0 Å². The number of rotatable bonds is 3. The third-order valence-corrected chi connectivity index (χ3v) is 3.51. The van der Waals surface area contributed by atoms with Crippen molar-refractivity contribution >= 4 is 10.9 Å². The van der Waals surface area contributed by atoms with Crippen molar-refractivity contribution in [2.75, 3.05) is 14.1 Å². The Kier molecular flexibility index (Phi) is 2.96. The Morgan fingerprint density at radius 2 is 1.94 bits per heavy atom. The highest BCUT2D eigenvalue weighted by Gasteiger charge is 2.22. The number of likely N-dealkylation sites (N-methyl/N-ethyl adjacent to an activating group) is 1. The zero-order chi connectivity index (χ0) is 12.6. The Hall–Kier alpha value is -1.35. The zero-order valence-corrected chi connectivity index (χ0v) is 10.9. The lowest BCUT2D eigenvalue weighted by atomic mass is 10.0. The molecule has 0 atom stereocenters. The van der Waals surface area contributed by atoms with Crippen molar-refractivity contribution in [2.24, 2.45) is 0 Å². The Morgan fingerprint density at radius 1 is 1.24 bits per heavy atom. The van der Waals surface area contributed by atoms with Crippen LogP contribution in [0.5, 0.6) is 0 Å². The molecule has 2 rings (SSSR count). The summed E-state index contributed by atoms with van der Waals surface area (Å²) in [6.45, 7) is 5.07. The molecule has 0 aliphatic rings. The zero-order valence-electron chi connectivity index (χ0n) is 10.9. The molecule has 0 amide bonds. The fraction of sp³-hybridized carbons (Fsp3) is 0.429. The summed E-state index contributed by atoms with van der Waals surface area (Å²) in [4.78, 5) is 2.15. The van der Waals surface area contributed by atoms with E-state index in [-0.39, 0.29) is 11.4 Å². The first-order valence-corrected chi connectivity index (χ1v) is 5.82. The molecule has 0 fully saturated rings. The van der Waals surface area contributed by atoms with Crippen molar-refractivity contribution < 1.29 is 4.39 Å². The summed E-state index contributed by atoms with van der Waals surface area (Å²) in [6.07, 6.45) is 1.96. The number of hydrogen-bond donors (Lipinski definition) is 0. The Morgan fingerprint density at radius 3 is 2.59 bits per heavy atom. The molecule has 17 heavy (non-hydrogen) atoms. The van der Waals surface area contributed by atoms with Crippen LogP contribution in [0.1, 0.15) is 13.8 Å². The SMILES string of the molecule is CN(C)C(C)(C)Cn1ccc2cccc(F)c21. The van der Waals surface area contributed by atoms with E-state index in [9.17, 15) is 4.39 Å². The molecule has 1 aromatic heterocycles. The van der Waals surface area contributed by atoms with E-state index in [1.165, 1.54) is 6.07 Å². The molecule has 0 spiro atoms. The van der Waals surface area contributed by atoms with Gasteiger partial charge in [-0.15, -0.1) is 0 Å². The second-order valence-corrected chi connectivity index (χ2v) is 5.33. The third-order valence-electron chi connectivity index (χ3n) is 3.51. The van der Waals surface area contributed by atoms with Crippen LogP contribution in [-0.2, 0) is 6.54 Å². The van der Waals surface area contributed by atoms with Gasteiger partial charge in [0.05, 0.1) is 5.52 Å². The van der Waals surface area contributed by atoms with Crippen molar-refractivity contribution in [1.82, 2.24) is 9.47 Å². The number of hydrogen-bond acceptors (Lipinski definition) is 1. The molecule has 1 heterocycles. The van der Waals surface area contributed by atoms with Gasteiger partial charge in [0.25, 0.3) is 0 Å². The molecule has 1 aromatic carbocycles. The minimum Gasteiger partial charge on any atom is -0.343 e. The van der Waals surface area contributed by atoms with Crippen LogP contribution in [0.15, 0.2) is 30.5 Å². The predicted molar refractivity (Wildman–Crippen MR) is 69.7 cm³/mol.